The molecule has 4 unspecified atom stereocenters. The van der Waals surface area contributed by atoms with Gasteiger partial charge in [0.15, 0.2) is 0 Å². The van der Waals surface area contributed by atoms with Gasteiger partial charge in [-0.3, -0.25) is 14.4 Å². The largest absolute Gasteiger partial charge is 0.291 e. The summed E-state index contributed by atoms with van der Waals surface area (Å²) in [5, 5.41) is 0.368. The average Bonchev–Trinajstić information content (AvgIpc) is 2.51. The third kappa shape index (κ3) is 3.13. The van der Waals surface area contributed by atoms with Crippen molar-refractivity contribution in [3.05, 3.63) is 18.0 Å². The van der Waals surface area contributed by atoms with Gasteiger partial charge in [0.25, 0.3) is 0 Å². The molecule has 7 heteroatoms. The smallest absolute Gasteiger partial charge is 0.237 e. The van der Waals surface area contributed by atoms with Crippen LogP contribution in [0.3, 0.4) is 0 Å². The van der Waals surface area contributed by atoms with Gasteiger partial charge < -0.3 is 0 Å². The lowest BCUT2D eigenvalue weighted by atomic mass is 9.73. The maximum absolute atomic E-state index is 11.9. The van der Waals surface area contributed by atoms with Crippen LogP contribution in [0.4, 0.5) is 0 Å². The van der Waals surface area contributed by atoms with Crippen LogP contribution in [-0.2, 0) is 22.0 Å². The number of hydrazine groups is 1. The summed E-state index contributed by atoms with van der Waals surface area (Å²) < 4.78 is 11.5. The molecular formula is C14H20N4O2S. The van der Waals surface area contributed by atoms with Crippen LogP contribution in [0.15, 0.2) is 17.4 Å². The Bertz CT molecular complexity index is 566. The molecule has 1 saturated heterocycles. The third-order valence-corrected chi connectivity index (χ3v) is 5.14. The van der Waals surface area contributed by atoms with Crippen LogP contribution in [0, 0.1) is 11.8 Å². The zero-order valence-corrected chi connectivity index (χ0v) is 12.9. The van der Waals surface area contributed by atoms with Gasteiger partial charge in [-0.05, 0) is 24.8 Å². The van der Waals surface area contributed by atoms with Crippen molar-refractivity contribution in [1.29, 1.82) is 0 Å². The van der Waals surface area contributed by atoms with Crippen LogP contribution in [0.1, 0.15) is 31.4 Å². The molecule has 1 aliphatic heterocycles. The van der Waals surface area contributed by atoms with E-state index >= 15 is 0 Å². The van der Waals surface area contributed by atoms with Crippen molar-refractivity contribution in [2.75, 3.05) is 6.26 Å². The van der Waals surface area contributed by atoms with Crippen molar-refractivity contribution < 1.29 is 9.00 Å². The molecule has 0 spiro atoms. The van der Waals surface area contributed by atoms with E-state index in [9.17, 15) is 9.00 Å². The lowest BCUT2D eigenvalue weighted by molar-refractivity contribution is -0.133. The summed E-state index contributed by atoms with van der Waals surface area (Å²) in [5.41, 5.74) is 6.79. The van der Waals surface area contributed by atoms with Gasteiger partial charge in [0.2, 0.25) is 11.1 Å². The van der Waals surface area contributed by atoms with Gasteiger partial charge in [0.1, 0.15) is 0 Å². The second-order valence-corrected chi connectivity index (χ2v) is 7.06. The summed E-state index contributed by atoms with van der Waals surface area (Å²) in [4.78, 5) is 20.3. The Balaban J connectivity index is 1.76. The quantitative estimate of drug-likeness (QED) is 0.797. The Hall–Kier alpha value is -1.34. The molecule has 6 nitrogen and oxygen atoms in total. The van der Waals surface area contributed by atoms with Crippen LogP contribution in [0.25, 0.3) is 0 Å². The Labute approximate surface area is 126 Å². The molecule has 0 bridgehead atoms. The predicted octanol–water partition coefficient (Wildman–Crippen LogP) is 0.566. The SMILES string of the molecule is CS(=O)c1nccc(CC2NNC(=O)C3CCCCC23)n1. The van der Waals surface area contributed by atoms with E-state index in [1.807, 2.05) is 6.07 Å². The first-order chi connectivity index (χ1) is 10.1. The normalized spacial score (nSPS) is 30.3. The first kappa shape index (κ1) is 14.6. The van der Waals surface area contributed by atoms with Crippen molar-refractivity contribution in [3.63, 3.8) is 0 Å². The van der Waals surface area contributed by atoms with E-state index in [1.54, 1.807) is 12.5 Å². The maximum Gasteiger partial charge on any atom is 0.237 e. The number of hydrogen-bond acceptors (Lipinski definition) is 5. The van der Waals surface area contributed by atoms with E-state index in [1.165, 1.54) is 6.42 Å². The molecule has 1 aromatic heterocycles. The van der Waals surface area contributed by atoms with Gasteiger partial charge in [-0.1, -0.05) is 12.8 Å². The minimum Gasteiger partial charge on any atom is -0.291 e. The molecule has 21 heavy (non-hydrogen) atoms. The maximum atomic E-state index is 11.9. The molecule has 2 heterocycles. The average molecular weight is 308 g/mol. The number of fused-ring (bicyclic) bond motifs is 1. The Kier molecular flexibility index (Phi) is 4.30. The zero-order valence-electron chi connectivity index (χ0n) is 12.0. The molecule has 1 aliphatic carbocycles. The van der Waals surface area contributed by atoms with Crippen LogP contribution in [-0.4, -0.2) is 32.4 Å². The predicted molar refractivity (Wildman–Crippen MR) is 78.6 cm³/mol. The van der Waals surface area contributed by atoms with E-state index in [0.717, 1.165) is 25.0 Å². The number of aromatic nitrogens is 2. The van der Waals surface area contributed by atoms with E-state index in [4.69, 9.17) is 0 Å². The van der Waals surface area contributed by atoms with Crippen LogP contribution in [0.2, 0.25) is 0 Å². The monoisotopic (exact) mass is 308 g/mol. The van der Waals surface area contributed by atoms with E-state index in [0.29, 0.717) is 17.5 Å². The number of nitrogens with zero attached hydrogens (tertiary/aromatic N) is 2. The minimum atomic E-state index is -1.17. The zero-order chi connectivity index (χ0) is 14.8. The summed E-state index contributed by atoms with van der Waals surface area (Å²) in [6.45, 7) is 0. The summed E-state index contributed by atoms with van der Waals surface area (Å²) >= 11 is 0. The third-order valence-electron chi connectivity index (χ3n) is 4.43. The Morgan fingerprint density at radius 1 is 1.38 bits per heavy atom. The van der Waals surface area contributed by atoms with E-state index in [-0.39, 0.29) is 17.9 Å². The molecule has 2 N–H and O–H groups in total. The van der Waals surface area contributed by atoms with Gasteiger partial charge in [-0.15, -0.1) is 0 Å². The highest BCUT2D eigenvalue weighted by Gasteiger charge is 2.39. The van der Waals surface area contributed by atoms with Gasteiger partial charge in [0.05, 0.1) is 10.8 Å². The number of rotatable bonds is 3. The number of carbonyl (C=O) groups is 1. The topological polar surface area (TPSA) is 84.0 Å². The van der Waals surface area contributed by atoms with Crippen molar-refractivity contribution in [2.45, 2.75) is 43.3 Å². The van der Waals surface area contributed by atoms with Crippen molar-refractivity contribution >= 4 is 16.7 Å². The lowest BCUT2D eigenvalue weighted by Crippen LogP contribution is -2.60. The van der Waals surface area contributed by atoms with Crippen LogP contribution >= 0.6 is 0 Å². The fourth-order valence-electron chi connectivity index (χ4n) is 3.39. The molecule has 3 rings (SSSR count). The second kappa shape index (κ2) is 6.19. The molecule has 0 radical (unpaired) electrons. The fourth-order valence-corrected chi connectivity index (χ4v) is 3.84. The summed E-state index contributed by atoms with van der Waals surface area (Å²) in [5.74, 6) is 0.596. The summed E-state index contributed by atoms with van der Waals surface area (Å²) in [6, 6.07) is 2.03. The van der Waals surface area contributed by atoms with E-state index in [2.05, 4.69) is 20.8 Å². The van der Waals surface area contributed by atoms with Crippen molar-refractivity contribution in [2.24, 2.45) is 11.8 Å². The molecule has 0 aromatic carbocycles. The van der Waals surface area contributed by atoms with Gasteiger partial charge in [0, 0.05) is 36.5 Å². The second-order valence-electron chi connectivity index (χ2n) is 5.78. The Morgan fingerprint density at radius 2 is 2.19 bits per heavy atom. The van der Waals surface area contributed by atoms with Crippen LogP contribution in [0.5, 0.6) is 0 Å². The van der Waals surface area contributed by atoms with Gasteiger partial charge >= 0.3 is 0 Å². The number of hydrogen-bond donors (Lipinski definition) is 2. The summed E-state index contributed by atoms with van der Waals surface area (Å²) in [6.07, 6.45) is 8.31. The molecule has 114 valence electrons. The highest BCUT2D eigenvalue weighted by atomic mass is 32.2. The molecular weight excluding hydrogens is 288 g/mol. The molecule has 1 aromatic rings. The number of nitrogens with one attached hydrogen (secondary N) is 2. The number of amides is 1. The molecule has 1 amide bonds. The lowest BCUT2D eigenvalue weighted by Gasteiger charge is -2.41. The van der Waals surface area contributed by atoms with Crippen molar-refractivity contribution in [1.82, 2.24) is 20.8 Å². The molecule has 4 atom stereocenters. The van der Waals surface area contributed by atoms with Crippen LogP contribution < -0.4 is 10.9 Å². The highest BCUT2D eigenvalue weighted by molar-refractivity contribution is 7.84. The van der Waals surface area contributed by atoms with Gasteiger partial charge in [-0.25, -0.2) is 15.4 Å². The fraction of sp³-hybridized carbons (Fsp3) is 0.643. The minimum absolute atomic E-state index is 0.117. The van der Waals surface area contributed by atoms with E-state index < -0.39 is 10.8 Å². The highest BCUT2D eigenvalue weighted by Crippen LogP contribution is 2.35. The van der Waals surface area contributed by atoms with Gasteiger partial charge in [-0.2, -0.15) is 0 Å². The van der Waals surface area contributed by atoms with Crippen molar-refractivity contribution in [3.8, 4) is 0 Å². The molecule has 2 aliphatic rings. The number of carbonyl (C=O) groups excluding carboxylic acids is 1. The summed E-state index contributed by atoms with van der Waals surface area (Å²) in [7, 11) is -1.17. The first-order valence-corrected chi connectivity index (χ1v) is 8.91. The first-order valence-electron chi connectivity index (χ1n) is 7.36. The molecule has 1 saturated carbocycles. The molecule has 2 fully saturated rings. The standard InChI is InChI=1S/C14H20N4O2S/c1-21(20)14-15-7-6-9(16-14)8-12-10-4-2-3-5-11(10)13(19)18-17-12/h6-7,10-12,17H,2-5,8H2,1H3,(H,18,19). The Morgan fingerprint density at radius 3 is 3.00 bits per heavy atom.